The van der Waals surface area contributed by atoms with Gasteiger partial charge in [-0.15, -0.1) is 0 Å². The van der Waals surface area contributed by atoms with Crippen molar-refractivity contribution in [3.8, 4) is 0 Å². The standard InChI is InChI=1S/C16H20N2O/c19-15-9-7-13(8-10-15)17-11-14-6-5-12-3-1-2-4-16(12)18-14/h1-6,13,15,17,19H,7-11H2. The van der Waals surface area contributed by atoms with Crippen molar-refractivity contribution in [3.63, 3.8) is 0 Å². The molecule has 2 aromatic rings. The highest BCUT2D eigenvalue weighted by atomic mass is 16.3. The zero-order chi connectivity index (χ0) is 13.1. The molecule has 1 heterocycles. The molecule has 1 saturated carbocycles. The lowest BCUT2D eigenvalue weighted by Crippen LogP contribution is -2.34. The van der Waals surface area contributed by atoms with Gasteiger partial charge in [-0.05, 0) is 37.8 Å². The summed E-state index contributed by atoms with van der Waals surface area (Å²) in [5.74, 6) is 0. The second kappa shape index (κ2) is 5.68. The number of aliphatic hydroxyl groups excluding tert-OH is 1. The summed E-state index contributed by atoms with van der Waals surface area (Å²) in [6.45, 7) is 0.811. The van der Waals surface area contributed by atoms with Crippen molar-refractivity contribution < 1.29 is 5.11 Å². The van der Waals surface area contributed by atoms with Crippen molar-refractivity contribution in [2.24, 2.45) is 0 Å². The van der Waals surface area contributed by atoms with Gasteiger partial charge < -0.3 is 10.4 Å². The fourth-order valence-electron chi connectivity index (χ4n) is 2.74. The zero-order valence-electron chi connectivity index (χ0n) is 11.0. The van der Waals surface area contributed by atoms with Crippen LogP contribution in [0.5, 0.6) is 0 Å². The van der Waals surface area contributed by atoms with E-state index in [9.17, 15) is 5.11 Å². The number of nitrogens with one attached hydrogen (secondary N) is 1. The SMILES string of the molecule is OC1CCC(NCc2ccc3ccccc3n2)CC1. The number of rotatable bonds is 3. The summed E-state index contributed by atoms with van der Waals surface area (Å²) >= 11 is 0. The molecule has 0 amide bonds. The van der Waals surface area contributed by atoms with Crippen molar-refractivity contribution in [3.05, 3.63) is 42.1 Å². The number of para-hydroxylation sites is 1. The zero-order valence-corrected chi connectivity index (χ0v) is 11.0. The first-order valence-corrected chi connectivity index (χ1v) is 7.07. The van der Waals surface area contributed by atoms with Gasteiger partial charge in [-0.25, -0.2) is 0 Å². The summed E-state index contributed by atoms with van der Waals surface area (Å²) in [6, 6.07) is 12.9. The number of pyridine rings is 1. The third kappa shape index (κ3) is 3.11. The maximum atomic E-state index is 9.49. The first-order chi connectivity index (χ1) is 9.31. The van der Waals surface area contributed by atoms with Gasteiger partial charge in [-0.1, -0.05) is 24.3 Å². The molecule has 1 aliphatic rings. The van der Waals surface area contributed by atoms with Crippen molar-refractivity contribution in [1.29, 1.82) is 0 Å². The van der Waals surface area contributed by atoms with E-state index >= 15 is 0 Å². The predicted molar refractivity (Wildman–Crippen MR) is 76.8 cm³/mol. The molecule has 0 unspecified atom stereocenters. The fraction of sp³-hybridized carbons (Fsp3) is 0.438. The van der Waals surface area contributed by atoms with Gasteiger partial charge in [0, 0.05) is 18.0 Å². The van der Waals surface area contributed by atoms with Crippen LogP contribution in [0.3, 0.4) is 0 Å². The van der Waals surface area contributed by atoms with Crippen molar-refractivity contribution >= 4 is 10.9 Å². The van der Waals surface area contributed by atoms with Crippen LogP contribution >= 0.6 is 0 Å². The number of hydrogen-bond acceptors (Lipinski definition) is 3. The van der Waals surface area contributed by atoms with Gasteiger partial charge in [0.15, 0.2) is 0 Å². The lowest BCUT2D eigenvalue weighted by atomic mass is 9.93. The van der Waals surface area contributed by atoms with Gasteiger partial charge >= 0.3 is 0 Å². The number of aromatic nitrogens is 1. The van der Waals surface area contributed by atoms with Crippen molar-refractivity contribution in [2.75, 3.05) is 0 Å². The Kier molecular flexibility index (Phi) is 3.76. The fourth-order valence-corrected chi connectivity index (χ4v) is 2.74. The molecule has 3 rings (SSSR count). The number of benzene rings is 1. The molecule has 0 atom stereocenters. The van der Waals surface area contributed by atoms with Crippen LogP contribution in [0.4, 0.5) is 0 Å². The van der Waals surface area contributed by atoms with Crippen LogP contribution in [0.25, 0.3) is 10.9 Å². The highest BCUT2D eigenvalue weighted by Crippen LogP contribution is 2.19. The van der Waals surface area contributed by atoms with Crippen LogP contribution in [-0.2, 0) is 6.54 Å². The van der Waals surface area contributed by atoms with Crippen LogP contribution in [-0.4, -0.2) is 22.2 Å². The molecule has 0 spiro atoms. The average Bonchev–Trinajstić information content (AvgIpc) is 2.46. The van der Waals surface area contributed by atoms with E-state index in [1.54, 1.807) is 0 Å². The van der Waals surface area contributed by atoms with Gasteiger partial charge in [0.25, 0.3) is 0 Å². The molecular formula is C16H20N2O. The van der Waals surface area contributed by atoms with Gasteiger partial charge in [-0.2, -0.15) is 0 Å². The molecular weight excluding hydrogens is 236 g/mol. The molecule has 19 heavy (non-hydrogen) atoms. The van der Waals surface area contributed by atoms with Crippen LogP contribution in [0.2, 0.25) is 0 Å². The molecule has 1 fully saturated rings. The second-order valence-electron chi connectivity index (χ2n) is 5.38. The Morgan fingerprint density at radius 3 is 2.68 bits per heavy atom. The lowest BCUT2D eigenvalue weighted by molar-refractivity contribution is 0.116. The van der Waals surface area contributed by atoms with Crippen molar-refractivity contribution in [2.45, 2.75) is 44.4 Å². The summed E-state index contributed by atoms with van der Waals surface area (Å²) in [6.07, 6.45) is 3.88. The van der Waals surface area contributed by atoms with Gasteiger partial charge in [-0.3, -0.25) is 4.98 Å². The van der Waals surface area contributed by atoms with E-state index in [1.807, 2.05) is 12.1 Å². The third-order valence-corrected chi connectivity index (χ3v) is 3.92. The minimum absolute atomic E-state index is 0.0863. The molecule has 0 radical (unpaired) electrons. The number of hydrogen-bond donors (Lipinski definition) is 2. The van der Waals surface area contributed by atoms with E-state index in [4.69, 9.17) is 0 Å². The molecule has 1 aromatic heterocycles. The van der Waals surface area contributed by atoms with E-state index in [0.717, 1.165) is 43.4 Å². The maximum absolute atomic E-state index is 9.49. The molecule has 0 saturated heterocycles. The van der Waals surface area contributed by atoms with E-state index in [-0.39, 0.29) is 6.10 Å². The molecule has 1 aliphatic carbocycles. The van der Waals surface area contributed by atoms with Crippen LogP contribution in [0, 0.1) is 0 Å². The van der Waals surface area contributed by atoms with Crippen molar-refractivity contribution in [1.82, 2.24) is 10.3 Å². The Hall–Kier alpha value is -1.45. The Labute approximate surface area is 113 Å². The minimum atomic E-state index is -0.0863. The summed E-state index contributed by atoms with van der Waals surface area (Å²) in [5, 5.41) is 14.2. The summed E-state index contributed by atoms with van der Waals surface area (Å²) in [5.41, 5.74) is 2.14. The number of nitrogens with zero attached hydrogens (tertiary/aromatic N) is 1. The molecule has 2 N–H and O–H groups in total. The van der Waals surface area contributed by atoms with Gasteiger partial charge in [0.1, 0.15) is 0 Å². The molecule has 0 bridgehead atoms. The number of fused-ring (bicyclic) bond motifs is 1. The van der Waals surface area contributed by atoms with E-state index in [1.165, 1.54) is 5.39 Å². The lowest BCUT2D eigenvalue weighted by Gasteiger charge is -2.26. The molecule has 3 heteroatoms. The summed E-state index contributed by atoms with van der Waals surface area (Å²) < 4.78 is 0. The molecule has 3 nitrogen and oxygen atoms in total. The molecule has 100 valence electrons. The smallest absolute Gasteiger partial charge is 0.0705 e. The van der Waals surface area contributed by atoms with Gasteiger partial charge in [0.2, 0.25) is 0 Å². The second-order valence-corrected chi connectivity index (χ2v) is 5.38. The van der Waals surface area contributed by atoms with E-state index in [0.29, 0.717) is 6.04 Å². The topological polar surface area (TPSA) is 45.1 Å². The van der Waals surface area contributed by atoms with Crippen LogP contribution < -0.4 is 5.32 Å². The summed E-state index contributed by atoms with van der Waals surface area (Å²) in [7, 11) is 0. The highest BCUT2D eigenvalue weighted by Gasteiger charge is 2.18. The molecule has 0 aliphatic heterocycles. The van der Waals surface area contributed by atoms with Gasteiger partial charge in [0.05, 0.1) is 17.3 Å². The van der Waals surface area contributed by atoms with Crippen LogP contribution in [0.15, 0.2) is 36.4 Å². The number of aliphatic hydroxyl groups is 1. The van der Waals surface area contributed by atoms with E-state index in [2.05, 4.69) is 34.6 Å². The Balaban J connectivity index is 1.62. The van der Waals surface area contributed by atoms with Crippen LogP contribution in [0.1, 0.15) is 31.4 Å². The quantitative estimate of drug-likeness (QED) is 0.887. The largest absolute Gasteiger partial charge is 0.393 e. The monoisotopic (exact) mass is 256 g/mol. The average molecular weight is 256 g/mol. The first-order valence-electron chi connectivity index (χ1n) is 7.07. The van der Waals surface area contributed by atoms with E-state index < -0.39 is 0 Å². The normalized spacial score (nSPS) is 23.6. The highest BCUT2D eigenvalue weighted by molar-refractivity contribution is 5.78. The maximum Gasteiger partial charge on any atom is 0.0705 e. The Morgan fingerprint density at radius 1 is 1.05 bits per heavy atom. The summed E-state index contributed by atoms with van der Waals surface area (Å²) in [4.78, 5) is 4.66. The first kappa shape index (κ1) is 12.6. The Bertz CT molecular complexity index is 547. The Morgan fingerprint density at radius 2 is 1.84 bits per heavy atom. The predicted octanol–water partition coefficient (Wildman–Crippen LogP) is 2.63. The minimum Gasteiger partial charge on any atom is -0.393 e. The molecule has 1 aromatic carbocycles. The third-order valence-electron chi connectivity index (χ3n) is 3.92.